The topological polar surface area (TPSA) is 41.5 Å². The number of anilines is 1. The number of aliphatic hydroxyl groups excluding tert-OH is 1. The SMILES string of the molecule is OC(CNc1ccc(Br)cc1F)COc1ccc(Br)cc1. The molecule has 0 aliphatic heterocycles. The third-order valence-electron chi connectivity index (χ3n) is 2.72. The van der Waals surface area contributed by atoms with E-state index in [9.17, 15) is 9.50 Å². The molecule has 0 bridgehead atoms. The molecule has 0 aliphatic carbocycles. The summed E-state index contributed by atoms with van der Waals surface area (Å²) in [6.45, 7) is 0.335. The van der Waals surface area contributed by atoms with Gasteiger partial charge >= 0.3 is 0 Å². The van der Waals surface area contributed by atoms with Gasteiger partial charge < -0.3 is 15.2 Å². The third-order valence-corrected chi connectivity index (χ3v) is 3.74. The Bertz CT molecular complexity index is 593. The molecule has 1 atom stereocenters. The summed E-state index contributed by atoms with van der Waals surface area (Å²) < 4.78 is 20.7. The van der Waals surface area contributed by atoms with Crippen molar-refractivity contribution in [2.45, 2.75) is 6.10 Å². The molecule has 0 fully saturated rings. The monoisotopic (exact) mass is 417 g/mol. The fraction of sp³-hybridized carbons (Fsp3) is 0.200. The van der Waals surface area contributed by atoms with Gasteiger partial charge in [0.25, 0.3) is 0 Å². The van der Waals surface area contributed by atoms with E-state index in [1.165, 1.54) is 6.07 Å². The molecule has 2 aromatic carbocycles. The molecule has 0 saturated heterocycles. The van der Waals surface area contributed by atoms with Crippen molar-refractivity contribution in [1.82, 2.24) is 0 Å². The standard InChI is InChI=1S/C15H14Br2FNO2/c16-10-1-4-13(5-2-10)21-9-12(20)8-19-15-6-3-11(17)7-14(15)18/h1-7,12,19-20H,8-9H2. The molecular weight excluding hydrogens is 405 g/mol. The number of halogens is 3. The lowest BCUT2D eigenvalue weighted by atomic mass is 10.3. The Hall–Kier alpha value is -1.11. The zero-order valence-corrected chi connectivity index (χ0v) is 14.2. The lowest BCUT2D eigenvalue weighted by Crippen LogP contribution is -2.26. The summed E-state index contributed by atoms with van der Waals surface area (Å²) in [5.41, 5.74) is 0.348. The van der Waals surface area contributed by atoms with Crippen LogP contribution in [0.15, 0.2) is 51.4 Å². The van der Waals surface area contributed by atoms with Gasteiger partial charge in [-0.2, -0.15) is 0 Å². The maximum atomic E-state index is 13.6. The van der Waals surface area contributed by atoms with Gasteiger partial charge in [0.1, 0.15) is 24.3 Å². The molecule has 0 spiro atoms. The van der Waals surface area contributed by atoms with Gasteiger partial charge in [0.15, 0.2) is 0 Å². The molecule has 2 aromatic rings. The van der Waals surface area contributed by atoms with Crippen LogP contribution in [0.5, 0.6) is 5.75 Å². The highest BCUT2D eigenvalue weighted by Crippen LogP contribution is 2.19. The van der Waals surface area contributed by atoms with Crippen LogP contribution in [0.2, 0.25) is 0 Å². The predicted octanol–water partition coefficient (Wildman–Crippen LogP) is 4.20. The summed E-state index contributed by atoms with van der Waals surface area (Å²) in [7, 11) is 0. The van der Waals surface area contributed by atoms with E-state index in [1.54, 1.807) is 24.3 Å². The Labute approximate surface area is 139 Å². The van der Waals surface area contributed by atoms with Crippen molar-refractivity contribution in [1.29, 1.82) is 0 Å². The van der Waals surface area contributed by atoms with Gasteiger partial charge in [-0.15, -0.1) is 0 Å². The Kier molecular flexibility index (Phi) is 6.02. The van der Waals surface area contributed by atoms with E-state index < -0.39 is 6.10 Å². The first-order valence-corrected chi connectivity index (χ1v) is 7.88. The molecular formula is C15H14Br2FNO2. The van der Waals surface area contributed by atoms with Crippen LogP contribution in [0.4, 0.5) is 10.1 Å². The van der Waals surface area contributed by atoms with Crippen molar-refractivity contribution in [2.75, 3.05) is 18.5 Å². The van der Waals surface area contributed by atoms with E-state index in [0.29, 0.717) is 15.9 Å². The highest BCUT2D eigenvalue weighted by atomic mass is 79.9. The first-order valence-electron chi connectivity index (χ1n) is 6.30. The molecule has 0 amide bonds. The maximum absolute atomic E-state index is 13.6. The second-order valence-electron chi connectivity index (χ2n) is 4.42. The van der Waals surface area contributed by atoms with Gasteiger partial charge in [0, 0.05) is 15.5 Å². The Balaban J connectivity index is 1.79. The minimum Gasteiger partial charge on any atom is -0.491 e. The van der Waals surface area contributed by atoms with Crippen molar-refractivity contribution in [2.24, 2.45) is 0 Å². The minimum atomic E-state index is -0.739. The molecule has 0 saturated carbocycles. The highest BCUT2D eigenvalue weighted by molar-refractivity contribution is 9.10. The Morgan fingerprint density at radius 3 is 2.43 bits per heavy atom. The summed E-state index contributed by atoms with van der Waals surface area (Å²) in [5, 5.41) is 12.7. The van der Waals surface area contributed by atoms with Crippen molar-refractivity contribution in [3.8, 4) is 5.75 Å². The average Bonchev–Trinajstić information content (AvgIpc) is 2.46. The summed E-state index contributed by atoms with van der Waals surface area (Å²) in [6, 6.07) is 12.0. The Morgan fingerprint density at radius 2 is 1.76 bits per heavy atom. The van der Waals surface area contributed by atoms with Crippen LogP contribution in [-0.4, -0.2) is 24.4 Å². The molecule has 0 aromatic heterocycles. The van der Waals surface area contributed by atoms with Crippen LogP contribution in [0.25, 0.3) is 0 Å². The molecule has 0 heterocycles. The smallest absolute Gasteiger partial charge is 0.147 e. The summed E-state index contributed by atoms with van der Waals surface area (Å²) in [5.74, 6) is 0.303. The number of rotatable bonds is 6. The van der Waals surface area contributed by atoms with E-state index in [0.717, 1.165) is 4.47 Å². The van der Waals surface area contributed by atoms with E-state index in [4.69, 9.17) is 4.74 Å². The number of nitrogens with one attached hydrogen (secondary N) is 1. The molecule has 6 heteroatoms. The Morgan fingerprint density at radius 1 is 1.10 bits per heavy atom. The number of hydrogen-bond acceptors (Lipinski definition) is 3. The molecule has 2 N–H and O–H groups in total. The second kappa shape index (κ2) is 7.77. The zero-order valence-electron chi connectivity index (χ0n) is 11.0. The zero-order chi connectivity index (χ0) is 15.2. The fourth-order valence-electron chi connectivity index (χ4n) is 1.64. The van der Waals surface area contributed by atoms with Crippen molar-refractivity contribution in [3.05, 3.63) is 57.2 Å². The summed E-state index contributed by atoms with van der Waals surface area (Å²) >= 11 is 6.53. The second-order valence-corrected chi connectivity index (χ2v) is 6.26. The van der Waals surface area contributed by atoms with Gasteiger partial charge in [-0.05, 0) is 42.5 Å². The number of benzene rings is 2. The van der Waals surface area contributed by atoms with E-state index in [2.05, 4.69) is 37.2 Å². The van der Waals surface area contributed by atoms with Gasteiger partial charge in [0.05, 0.1) is 5.69 Å². The van der Waals surface area contributed by atoms with Gasteiger partial charge in [-0.25, -0.2) is 4.39 Å². The molecule has 112 valence electrons. The summed E-state index contributed by atoms with van der Waals surface area (Å²) in [6.07, 6.45) is -0.739. The number of hydrogen-bond donors (Lipinski definition) is 2. The van der Waals surface area contributed by atoms with Gasteiger partial charge in [-0.3, -0.25) is 0 Å². The van der Waals surface area contributed by atoms with Crippen LogP contribution >= 0.6 is 31.9 Å². The van der Waals surface area contributed by atoms with Crippen molar-refractivity contribution < 1.29 is 14.2 Å². The number of aliphatic hydroxyl groups is 1. The molecule has 2 rings (SSSR count). The third kappa shape index (κ3) is 5.30. The lowest BCUT2D eigenvalue weighted by molar-refractivity contribution is 0.117. The fourth-order valence-corrected chi connectivity index (χ4v) is 2.24. The van der Waals surface area contributed by atoms with Crippen LogP contribution < -0.4 is 10.1 Å². The average molecular weight is 419 g/mol. The first kappa shape index (κ1) is 16.3. The quantitative estimate of drug-likeness (QED) is 0.738. The van der Waals surface area contributed by atoms with E-state index in [1.807, 2.05) is 12.1 Å². The van der Waals surface area contributed by atoms with Crippen LogP contribution in [0.1, 0.15) is 0 Å². The van der Waals surface area contributed by atoms with Crippen LogP contribution in [0.3, 0.4) is 0 Å². The molecule has 3 nitrogen and oxygen atoms in total. The van der Waals surface area contributed by atoms with Crippen molar-refractivity contribution >= 4 is 37.5 Å². The molecule has 1 unspecified atom stereocenters. The van der Waals surface area contributed by atoms with Gasteiger partial charge in [-0.1, -0.05) is 31.9 Å². The number of ether oxygens (including phenoxy) is 1. The molecule has 0 radical (unpaired) electrons. The van der Waals surface area contributed by atoms with E-state index >= 15 is 0 Å². The largest absolute Gasteiger partial charge is 0.491 e. The molecule has 0 aliphatic rings. The van der Waals surface area contributed by atoms with Gasteiger partial charge in [0.2, 0.25) is 0 Å². The normalized spacial score (nSPS) is 12.0. The van der Waals surface area contributed by atoms with Crippen molar-refractivity contribution in [3.63, 3.8) is 0 Å². The maximum Gasteiger partial charge on any atom is 0.147 e. The van der Waals surface area contributed by atoms with Crippen LogP contribution in [0, 0.1) is 5.82 Å². The highest BCUT2D eigenvalue weighted by Gasteiger charge is 2.08. The predicted molar refractivity (Wildman–Crippen MR) is 88.2 cm³/mol. The lowest BCUT2D eigenvalue weighted by Gasteiger charge is -2.14. The summed E-state index contributed by atoms with van der Waals surface area (Å²) in [4.78, 5) is 0. The van der Waals surface area contributed by atoms with Crippen LogP contribution in [-0.2, 0) is 0 Å². The minimum absolute atomic E-state index is 0.132. The van der Waals surface area contributed by atoms with E-state index in [-0.39, 0.29) is 19.0 Å². The molecule has 21 heavy (non-hydrogen) atoms. The first-order chi connectivity index (χ1) is 10.0.